The number of hydrogen-bond acceptors (Lipinski definition) is 2. The maximum absolute atomic E-state index is 12.9. The molecule has 124 valence electrons. The fraction of sp³-hybridized carbons (Fsp3) is 0.950. The number of ketones is 1. The molecule has 0 radical (unpaired) electrons. The third-order valence-electron chi connectivity index (χ3n) is 9.03. The summed E-state index contributed by atoms with van der Waals surface area (Å²) in [6.45, 7) is 9.40. The van der Waals surface area contributed by atoms with Gasteiger partial charge in [0.05, 0.1) is 11.5 Å². The standard InChI is InChI=1S/C20H32O2/c1-17(2)8-5-9-19(4)14(17)7-6-13-10-18(3)15(21)11-20(13,19)12-16(18)22/h13-15,21H,5-12H2,1-4H3/t13-,14-,15+,18-,19-,20-/m0/s1. The second kappa shape index (κ2) is 4.18. The van der Waals surface area contributed by atoms with Crippen molar-refractivity contribution in [2.45, 2.75) is 85.2 Å². The van der Waals surface area contributed by atoms with E-state index in [4.69, 9.17) is 0 Å². The summed E-state index contributed by atoms with van der Waals surface area (Å²) in [4.78, 5) is 12.9. The van der Waals surface area contributed by atoms with Crippen LogP contribution in [0.2, 0.25) is 0 Å². The van der Waals surface area contributed by atoms with Crippen molar-refractivity contribution in [3.63, 3.8) is 0 Å². The van der Waals surface area contributed by atoms with Crippen LogP contribution >= 0.6 is 0 Å². The highest BCUT2D eigenvalue weighted by atomic mass is 16.3. The van der Waals surface area contributed by atoms with Crippen LogP contribution in [0, 0.1) is 33.5 Å². The Labute approximate surface area is 135 Å². The molecule has 5 fully saturated rings. The number of carbonyl (C=O) groups excluding carboxylic acids is 1. The van der Waals surface area contributed by atoms with Crippen LogP contribution < -0.4 is 0 Å². The summed E-state index contributed by atoms with van der Waals surface area (Å²) in [5, 5.41) is 10.8. The summed E-state index contributed by atoms with van der Waals surface area (Å²) in [5.41, 5.74) is 0.274. The molecule has 0 aromatic heterocycles. The zero-order chi connectivity index (χ0) is 16.0. The number of carbonyl (C=O) groups is 1. The molecule has 1 spiro atoms. The number of fused-ring (bicyclic) bond motifs is 3. The van der Waals surface area contributed by atoms with Crippen LogP contribution in [0.3, 0.4) is 0 Å². The van der Waals surface area contributed by atoms with E-state index in [1.807, 2.05) is 6.92 Å². The Morgan fingerprint density at radius 2 is 1.77 bits per heavy atom. The van der Waals surface area contributed by atoms with Gasteiger partial charge in [-0.25, -0.2) is 0 Å². The first kappa shape index (κ1) is 15.2. The van der Waals surface area contributed by atoms with Gasteiger partial charge in [0.2, 0.25) is 0 Å². The maximum Gasteiger partial charge on any atom is 0.141 e. The molecule has 2 bridgehead atoms. The molecule has 22 heavy (non-hydrogen) atoms. The predicted molar refractivity (Wildman–Crippen MR) is 87.4 cm³/mol. The highest BCUT2D eigenvalue weighted by Crippen LogP contribution is 2.74. The van der Waals surface area contributed by atoms with Crippen molar-refractivity contribution < 1.29 is 9.90 Å². The Hall–Kier alpha value is -0.370. The van der Waals surface area contributed by atoms with Gasteiger partial charge in [0.25, 0.3) is 0 Å². The molecule has 5 rings (SSSR count). The van der Waals surface area contributed by atoms with E-state index in [2.05, 4.69) is 20.8 Å². The quantitative estimate of drug-likeness (QED) is 0.722. The Kier molecular flexibility index (Phi) is 2.88. The molecular weight excluding hydrogens is 272 g/mol. The van der Waals surface area contributed by atoms with Gasteiger partial charge in [-0.05, 0) is 66.6 Å². The average Bonchev–Trinajstić information content (AvgIpc) is 2.40. The lowest BCUT2D eigenvalue weighted by atomic mass is 9.33. The highest BCUT2D eigenvalue weighted by molar-refractivity contribution is 5.88. The minimum absolute atomic E-state index is 0.0852. The van der Waals surface area contributed by atoms with E-state index in [0.29, 0.717) is 23.0 Å². The van der Waals surface area contributed by atoms with E-state index in [-0.39, 0.29) is 10.8 Å². The van der Waals surface area contributed by atoms with Crippen molar-refractivity contribution in [2.24, 2.45) is 33.5 Å². The Bertz CT molecular complexity index is 524. The Balaban J connectivity index is 1.83. The van der Waals surface area contributed by atoms with E-state index in [1.165, 1.54) is 32.1 Å². The smallest absolute Gasteiger partial charge is 0.141 e. The van der Waals surface area contributed by atoms with Crippen LogP contribution in [0.4, 0.5) is 0 Å². The van der Waals surface area contributed by atoms with Crippen molar-refractivity contribution in [1.82, 2.24) is 0 Å². The van der Waals surface area contributed by atoms with Gasteiger partial charge >= 0.3 is 0 Å². The number of aliphatic hydroxyl groups excluding tert-OH is 1. The minimum Gasteiger partial charge on any atom is -0.392 e. The average molecular weight is 304 g/mol. The fourth-order valence-corrected chi connectivity index (χ4v) is 7.66. The lowest BCUT2D eigenvalue weighted by Crippen LogP contribution is -2.68. The molecule has 0 aromatic carbocycles. The van der Waals surface area contributed by atoms with E-state index in [0.717, 1.165) is 19.3 Å². The number of rotatable bonds is 0. The van der Waals surface area contributed by atoms with Crippen LogP contribution in [-0.2, 0) is 4.79 Å². The van der Waals surface area contributed by atoms with Gasteiger partial charge in [0, 0.05) is 6.42 Å². The lowest BCUT2D eigenvalue weighted by molar-refractivity contribution is -0.238. The van der Waals surface area contributed by atoms with Gasteiger partial charge in [0.15, 0.2) is 0 Å². The summed E-state index contributed by atoms with van der Waals surface area (Å²) in [5.74, 6) is 1.73. The Morgan fingerprint density at radius 3 is 2.45 bits per heavy atom. The molecule has 5 aliphatic rings. The zero-order valence-corrected chi connectivity index (χ0v) is 14.7. The van der Waals surface area contributed by atoms with E-state index < -0.39 is 11.5 Å². The molecule has 0 aliphatic heterocycles. The van der Waals surface area contributed by atoms with Crippen LogP contribution in [0.25, 0.3) is 0 Å². The molecule has 6 atom stereocenters. The van der Waals surface area contributed by atoms with Crippen LogP contribution in [0.15, 0.2) is 0 Å². The van der Waals surface area contributed by atoms with Crippen LogP contribution in [0.1, 0.15) is 79.1 Å². The van der Waals surface area contributed by atoms with Crippen molar-refractivity contribution >= 4 is 5.78 Å². The third-order valence-corrected chi connectivity index (χ3v) is 9.03. The van der Waals surface area contributed by atoms with Gasteiger partial charge in [-0.1, -0.05) is 34.1 Å². The summed E-state index contributed by atoms with van der Waals surface area (Å²) < 4.78 is 0. The summed E-state index contributed by atoms with van der Waals surface area (Å²) >= 11 is 0. The molecule has 2 heteroatoms. The van der Waals surface area contributed by atoms with Gasteiger partial charge in [-0.15, -0.1) is 0 Å². The first-order valence-corrected chi connectivity index (χ1v) is 9.37. The molecule has 0 aromatic rings. The molecule has 0 heterocycles. The first-order chi connectivity index (χ1) is 10.2. The van der Waals surface area contributed by atoms with Crippen molar-refractivity contribution in [1.29, 1.82) is 0 Å². The molecule has 5 aliphatic carbocycles. The zero-order valence-electron chi connectivity index (χ0n) is 14.7. The molecular formula is C20H32O2. The van der Waals surface area contributed by atoms with Gasteiger partial charge < -0.3 is 5.11 Å². The molecule has 2 nitrogen and oxygen atoms in total. The monoisotopic (exact) mass is 304 g/mol. The topological polar surface area (TPSA) is 37.3 Å². The van der Waals surface area contributed by atoms with Crippen molar-refractivity contribution in [3.05, 3.63) is 0 Å². The number of hydrogen-bond donors (Lipinski definition) is 1. The van der Waals surface area contributed by atoms with Crippen LogP contribution in [0.5, 0.6) is 0 Å². The van der Waals surface area contributed by atoms with Crippen molar-refractivity contribution in [2.75, 3.05) is 0 Å². The fourth-order valence-electron chi connectivity index (χ4n) is 7.66. The van der Waals surface area contributed by atoms with Gasteiger partial charge in [-0.2, -0.15) is 0 Å². The summed E-state index contributed by atoms with van der Waals surface area (Å²) in [7, 11) is 0. The lowest BCUT2D eigenvalue weighted by Gasteiger charge is -2.71. The molecule has 1 N–H and O–H groups in total. The minimum atomic E-state index is -0.445. The highest BCUT2D eigenvalue weighted by Gasteiger charge is 2.70. The summed E-state index contributed by atoms with van der Waals surface area (Å²) in [6, 6.07) is 0. The predicted octanol–water partition coefficient (Wildman–Crippen LogP) is 4.35. The van der Waals surface area contributed by atoms with Gasteiger partial charge in [-0.3, -0.25) is 4.79 Å². The molecule has 0 amide bonds. The normalized spacial score (nSPS) is 56.4. The van der Waals surface area contributed by atoms with Crippen LogP contribution in [-0.4, -0.2) is 17.0 Å². The second-order valence-corrected chi connectivity index (χ2v) is 10.2. The molecule has 0 unspecified atom stereocenters. The van der Waals surface area contributed by atoms with Crippen molar-refractivity contribution in [3.8, 4) is 0 Å². The second-order valence-electron chi connectivity index (χ2n) is 10.2. The number of aliphatic hydroxyl groups is 1. The van der Waals surface area contributed by atoms with E-state index >= 15 is 0 Å². The molecule has 0 saturated heterocycles. The maximum atomic E-state index is 12.9. The summed E-state index contributed by atoms with van der Waals surface area (Å²) in [6.07, 6.45) is 8.63. The SMILES string of the molecule is CC1(C)CCC[C@@]2(C)[C@H]1CC[C@H]1C[C@]3(C)C(=O)C[C@@]12C[C@H]3O. The number of Topliss-reactive ketones (excluding diaryl/α,β-unsaturated/α-hetero) is 1. The largest absolute Gasteiger partial charge is 0.392 e. The first-order valence-electron chi connectivity index (χ1n) is 9.37. The van der Waals surface area contributed by atoms with E-state index in [1.54, 1.807) is 0 Å². The van der Waals surface area contributed by atoms with Gasteiger partial charge in [0.1, 0.15) is 5.78 Å². The Morgan fingerprint density at radius 1 is 1.05 bits per heavy atom. The van der Waals surface area contributed by atoms with E-state index in [9.17, 15) is 9.90 Å². The third kappa shape index (κ3) is 1.53. The molecule has 5 saturated carbocycles.